The van der Waals surface area contributed by atoms with Gasteiger partial charge in [0.1, 0.15) is 12.4 Å². The van der Waals surface area contributed by atoms with Crippen molar-refractivity contribution < 1.29 is 4.74 Å². The van der Waals surface area contributed by atoms with Gasteiger partial charge < -0.3 is 4.74 Å². The minimum atomic E-state index is 0.482. The van der Waals surface area contributed by atoms with Crippen LogP contribution in [-0.2, 0) is 0 Å². The SMILES string of the molecule is C=CCOc1ccc(N=Nc2ccc(N=Nc3ccccc3)cc2)cc1C. The van der Waals surface area contributed by atoms with Gasteiger partial charge in [0.15, 0.2) is 0 Å². The van der Waals surface area contributed by atoms with E-state index in [9.17, 15) is 0 Å². The molecule has 134 valence electrons. The van der Waals surface area contributed by atoms with Crippen molar-refractivity contribution in [2.24, 2.45) is 20.5 Å². The quantitative estimate of drug-likeness (QED) is 0.321. The molecule has 3 aromatic carbocycles. The van der Waals surface area contributed by atoms with E-state index in [0.29, 0.717) is 6.61 Å². The minimum Gasteiger partial charge on any atom is -0.489 e. The van der Waals surface area contributed by atoms with Gasteiger partial charge in [-0.15, -0.1) is 0 Å². The number of rotatable bonds is 7. The van der Waals surface area contributed by atoms with Gasteiger partial charge in [-0.3, -0.25) is 0 Å². The van der Waals surface area contributed by atoms with Gasteiger partial charge in [-0.2, -0.15) is 20.5 Å². The van der Waals surface area contributed by atoms with E-state index in [2.05, 4.69) is 27.0 Å². The summed E-state index contributed by atoms with van der Waals surface area (Å²) in [7, 11) is 0. The van der Waals surface area contributed by atoms with Crippen LogP contribution in [0, 0.1) is 6.92 Å². The highest BCUT2D eigenvalue weighted by Gasteiger charge is 2.00. The summed E-state index contributed by atoms with van der Waals surface area (Å²) in [6.07, 6.45) is 1.72. The molecule has 0 unspecified atom stereocenters. The predicted octanol–water partition coefficient (Wildman–Crippen LogP) is 7.39. The lowest BCUT2D eigenvalue weighted by Crippen LogP contribution is -1.94. The maximum Gasteiger partial charge on any atom is 0.122 e. The molecule has 3 rings (SSSR count). The van der Waals surface area contributed by atoms with Crippen LogP contribution in [0.5, 0.6) is 5.75 Å². The van der Waals surface area contributed by atoms with Crippen LogP contribution in [-0.4, -0.2) is 6.61 Å². The Labute approximate surface area is 158 Å². The van der Waals surface area contributed by atoms with Crippen molar-refractivity contribution in [1.29, 1.82) is 0 Å². The van der Waals surface area contributed by atoms with Crippen LogP contribution in [0.25, 0.3) is 0 Å². The van der Waals surface area contributed by atoms with E-state index in [-0.39, 0.29) is 0 Å². The Bertz CT molecular complexity index is 948. The lowest BCUT2D eigenvalue weighted by Gasteiger charge is -2.06. The van der Waals surface area contributed by atoms with E-state index in [1.807, 2.05) is 79.7 Å². The predicted molar refractivity (Wildman–Crippen MR) is 108 cm³/mol. The average Bonchev–Trinajstić information content (AvgIpc) is 2.71. The molecule has 0 aliphatic rings. The summed E-state index contributed by atoms with van der Waals surface area (Å²) in [5.74, 6) is 0.821. The van der Waals surface area contributed by atoms with Crippen molar-refractivity contribution in [1.82, 2.24) is 0 Å². The molecule has 5 heteroatoms. The first-order valence-electron chi connectivity index (χ1n) is 8.57. The number of hydrogen-bond acceptors (Lipinski definition) is 5. The third-order valence-electron chi connectivity index (χ3n) is 3.68. The summed E-state index contributed by atoms with van der Waals surface area (Å²) < 4.78 is 5.56. The molecule has 0 saturated carbocycles. The molecule has 0 aliphatic carbocycles. The van der Waals surface area contributed by atoms with E-state index in [1.54, 1.807) is 6.08 Å². The van der Waals surface area contributed by atoms with E-state index in [4.69, 9.17) is 4.74 Å². The van der Waals surface area contributed by atoms with Crippen LogP contribution in [0.4, 0.5) is 22.7 Å². The second-order valence-corrected chi connectivity index (χ2v) is 5.80. The molecule has 0 heterocycles. The summed E-state index contributed by atoms with van der Waals surface area (Å²) in [5, 5.41) is 16.9. The summed E-state index contributed by atoms with van der Waals surface area (Å²) in [5.41, 5.74) is 4.10. The second kappa shape index (κ2) is 9.20. The van der Waals surface area contributed by atoms with Gasteiger partial charge >= 0.3 is 0 Å². The lowest BCUT2D eigenvalue weighted by molar-refractivity contribution is 0.360. The van der Waals surface area contributed by atoms with Crippen molar-refractivity contribution in [2.75, 3.05) is 6.61 Å². The van der Waals surface area contributed by atoms with Crippen molar-refractivity contribution in [3.8, 4) is 5.75 Å². The largest absolute Gasteiger partial charge is 0.489 e. The Balaban J connectivity index is 1.65. The fourth-order valence-electron chi connectivity index (χ4n) is 2.32. The normalized spacial score (nSPS) is 11.1. The summed E-state index contributed by atoms with van der Waals surface area (Å²) in [6.45, 7) is 6.11. The van der Waals surface area contributed by atoms with Crippen molar-refractivity contribution in [3.05, 3.63) is 91.0 Å². The molecule has 0 fully saturated rings. The number of nitrogens with zero attached hydrogens (tertiary/aromatic N) is 4. The summed E-state index contributed by atoms with van der Waals surface area (Å²) in [4.78, 5) is 0. The van der Waals surface area contributed by atoms with Crippen LogP contribution in [0.15, 0.2) is 106 Å². The molecule has 0 saturated heterocycles. The Morgan fingerprint density at radius 3 is 1.81 bits per heavy atom. The minimum absolute atomic E-state index is 0.482. The highest BCUT2D eigenvalue weighted by molar-refractivity contribution is 5.49. The maximum absolute atomic E-state index is 5.56. The van der Waals surface area contributed by atoms with E-state index in [0.717, 1.165) is 34.1 Å². The van der Waals surface area contributed by atoms with E-state index < -0.39 is 0 Å². The Kier molecular flexibility index (Phi) is 6.20. The average molecular weight is 356 g/mol. The summed E-state index contributed by atoms with van der Waals surface area (Å²) >= 11 is 0. The first-order chi connectivity index (χ1) is 13.2. The van der Waals surface area contributed by atoms with Crippen LogP contribution < -0.4 is 4.74 Å². The monoisotopic (exact) mass is 356 g/mol. The number of aryl methyl sites for hydroxylation is 1. The lowest BCUT2D eigenvalue weighted by atomic mass is 10.2. The van der Waals surface area contributed by atoms with Gasteiger partial charge in [0.2, 0.25) is 0 Å². The molecule has 0 amide bonds. The highest BCUT2D eigenvalue weighted by Crippen LogP contribution is 2.26. The van der Waals surface area contributed by atoms with Gasteiger partial charge in [-0.1, -0.05) is 30.9 Å². The first-order valence-corrected chi connectivity index (χ1v) is 8.57. The highest BCUT2D eigenvalue weighted by atomic mass is 16.5. The fourth-order valence-corrected chi connectivity index (χ4v) is 2.32. The molecular weight excluding hydrogens is 336 g/mol. The molecule has 0 radical (unpaired) electrons. The third kappa shape index (κ3) is 5.44. The summed E-state index contributed by atoms with van der Waals surface area (Å²) in [6, 6.07) is 22.7. The smallest absolute Gasteiger partial charge is 0.122 e. The molecule has 3 aromatic rings. The molecule has 0 atom stereocenters. The Morgan fingerprint density at radius 2 is 1.26 bits per heavy atom. The molecule has 0 aliphatic heterocycles. The molecule has 0 spiro atoms. The fraction of sp³-hybridized carbons (Fsp3) is 0.0909. The number of ether oxygens (including phenoxy) is 1. The molecule has 0 aromatic heterocycles. The van der Waals surface area contributed by atoms with E-state index in [1.165, 1.54) is 0 Å². The number of hydrogen-bond donors (Lipinski definition) is 0. The molecule has 0 N–H and O–H groups in total. The maximum atomic E-state index is 5.56. The van der Waals surface area contributed by atoms with Gasteiger partial charge in [-0.05, 0) is 67.1 Å². The third-order valence-corrected chi connectivity index (χ3v) is 3.68. The zero-order chi connectivity index (χ0) is 18.9. The Hall–Kier alpha value is -3.60. The van der Waals surface area contributed by atoms with Crippen LogP contribution >= 0.6 is 0 Å². The van der Waals surface area contributed by atoms with Gasteiger partial charge in [0.05, 0.1) is 22.7 Å². The molecular formula is C22H20N4O. The van der Waals surface area contributed by atoms with Gasteiger partial charge in [0, 0.05) is 0 Å². The van der Waals surface area contributed by atoms with Crippen molar-refractivity contribution >= 4 is 22.7 Å². The zero-order valence-electron chi connectivity index (χ0n) is 15.1. The van der Waals surface area contributed by atoms with Gasteiger partial charge in [-0.25, -0.2) is 0 Å². The van der Waals surface area contributed by atoms with E-state index >= 15 is 0 Å². The second-order valence-electron chi connectivity index (χ2n) is 5.80. The molecule has 5 nitrogen and oxygen atoms in total. The molecule has 0 bridgehead atoms. The van der Waals surface area contributed by atoms with Crippen molar-refractivity contribution in [3.63, 3.8) is 0 Å². The molecule has 27 heavy (non-hydrogen) atoms. The number of benzene rings is 3. The van der Waals surface area contributed by atoms with Crippen LogP contribution in [0.3, 0.4) is 0 Å². The zero-order valence-corrected chi connectivity index (χ0v) is 15.1. The Morgan fingerprint density at radius 1 is 0.741 bits per heavy atom. The van der Waals surface area contributed by atoms with Gasteiger partial charge in [0.25, 0.3) is 0 Å². The van der Waals surface area contributed by atoms with Crippen LogP contribution in [0.2, 0.25) is 0 Å². The number of azo groups is 2. The van der Waals surface area contributed by atoms with Crippen molar-refractivity contribution in [2.45, 2.75) is 6.92 Å². The topological polar surface area (TPSA) is 58.7 Å². The first kappa shape index (κ1) is 18.2. The standard InChI is InChI=1S/C22H20N4O/c1-3-15-27-22-14-13-21(16-17(22)2)26-25-20-11-9-19(10-12-20)24-23-18-7-5-4-6-8-18/h3-14,16H,1,15H2,2H3. The van der Waals surface area contributed by atoms with Crippen LogP contribution in [0.1, 0.15) is 5.56 Å².